The lowest BCUT2D eigenvalue weighted by Gasteiger charge is -2.36. The molecule has 2 aromatic carbocycles. The number of nitrogens with one attached hydrogen (secondary N) is 1. The van der Waals surface area contributed by atoms with E-state index in [0.717, 1.165) is 35.7 Å². The first-order valence-electron chi connectivity index (χ1n) is 9.16. The van der Waals surface area contributed by atoms with E-state index in [1.54, 1.807) is 7.11 Å². The highest BCUT2D eigenvalue weighted by molar-refractivity contribution is 6.31. The summed E-state index contributed by atoms with van der Waals surface area (Å²) in [7, 11) is 1.65. The van der Waals surface area contributed by atoms with Crippen LogP contribution in [-0.4, -0.2) is 44.2 Å². The summed E-state index contributed by atoms with van der Waals surface area (Å²) in [6.07, 6.45) is 0. The molecule has 1 fully saturated rings. The molecule has 0 aromatic heterocycles. The minimum atomic E-state index is -0.0165. The van der Waals surface area contributed by atoms with Gasteiger partial charge in [-0.2, -0.15) is 0 Å². The number of benzene rings is 2. The molecule has 0 aliphatic carbocycles. The Morgan fingerprint density at radius 3 is 2.48 bits per heavy atom. The van der Waals surface area contributed by atoms with Crippen molar-refractivity contribution in [2.45, 2.75) is 20.4 Å². The zero-order valence-electron chi connectivity index (χ0n) is 16.1. The van der Waals surface area contributed by atoms with Gasteiger partial charge in [0.1, 0.15) is 5.75 Å². The van der Waals surface area contributed by atoms with E-state index in [2.05, 4.69) is 29.3 Å². The Balaban J connectivity index is 1.58. The van der Waals surface area contributed by atoms with Crippen molar-refractivity contribution in [1.29, 1.82) is 0 Å². The van der Waals surface area contributed by atoms with Gasteiger partial charge in [-0.1, -0.05) is 35.9 Å². The zero-order valence-corrected chi connectivity index (χ0v) is 16.8. The molecule has 0 bridgehead atoms. The first-order chi connectivity index (χ1) is 13.0. The van der Waals surface area contributed by atoms with Crippen LogP contribution in [0.25, 0.3) is 0 Å². The van der Waals surface area contributed by atoms with E-state index in [4.69, 9.17) is 16.3 Å². The molecule has 1 aliphatic rings. The number of carbonyl (C=O) groups is 1. The molecular weight excluding hydrogens is 362 g/mol. The number of urea groups is 1. The van der Waals surface area contributed by atoms with Crippen molar-refractivity contribution in [1.82, 2.24) is 10.2 Å². The number of halogens is 1. The lowest BCUT2D eigenvalue weighted by molar-refractivity contribution is 0.194. The largest absolute Gasteiger partial charge is 0.495 e. The van der Waals surface area contributed by atoms with Gasteiger partial charge in [0, 0.05) is 43.8 Å². The highest BCUT2D eigenvalue weighted by atomic mass is 35.5. The summed E-state index contributed by atoms with van der Waals surface area (Å²) < 4.78 is 5.49. The Morgan fingerprint density at radius 2 is 1.81 bits per heavy atom. The monoisotopic (exact) mass is 387 g/mol. The minimum absolute atomic E-state index is 0.0165. The molecule has 0 unspecified atom stereocenters. The maximum atomic E-state index is 12.5. The van der Waals surface area contributed by atoms with Gasteiger partial charge in [0.05, 0.1) is 12.8 Å². The van der Waals surface area contributed by atoms with Crippen LogP contribution in [0.5, 0.6) is 5.75 Å². The minimum Gasteiger partial charge on any atom is -0.495 e. The third-order valence-corrected chi connectivity index (χ3v) is 5.47. The molecule has 144 valence electrons. The molecule has 2 aromatic rings. The summed E-state index contributed by atoms with van der Waals surface area (Å²) in [6, 6.07) is 12.0. The van der Waals surface area contributed by atoms with E-state index in [9.17, 15) is 4.79 Å². The Kier molecular flexibility index (Phi) is 6.11. The predicted octanol–water partition coefficient (Wildman–Crippen LogP) is 4.00. The summed E-state index contributed by atoms with van der Waals surface area (Å²) >= 11 is 6.20. The highest BCUT2D eigenvalue weighted by Gasteiger charge is 2.23. The second-order valence-corrected chi connectivity index (χ2v) is 7.24. The molecule has 1 N–H and O–H groups in total. The van der Waals surface area contributed by atoms with Crippen molar-refractivity contribution >= 4 is 23.3 Å². The second-order valence-electron chi connectivity index (χ2n) is 6.83. The fourth-order valence-corrected chi connectivity index (χ4v) is 3.45. The molecule has 1 aliphatic heterocycles. The van der Waals surface area contributed by atoms with Gasteiger partial charge in [0.25, 0.3) is 0 Å². The van der Waals surface area contributed by atoms with Crippen LogP contribution in [0, 0.1) is 13.8 Å². The van der Waals surface area contributed by atoms with E-state index < -0.39 is 0 Å². The molecule has 2 amide bonds. The predicted molar refractivity (Wildman–Crippen MR) is 110 cm³/mol. The Bertz CT molecular complexity index is 817. The van der Waals surface area contributed by atoms with Crippen LogP contribution in [0.4, 0.5) is 10.5 Å². The highest BCUT2D eigenvalue weighted by Crippen LogP contribution is 2.34. The molecule has 27 heavy (non-hydrogen) atoms. The number of carbonyl (C=O) groups excluding carboxylic acids is 1. The summed E-state index contributed by atoms with van der Waals surface area (Å²) in [5.74, 6) is 0.767. The van der Waals surface area contributed by atoms with Crippen molar-refractivity contribution in [2.24, 2.45) is 0 Å². The van der Waals surface area contributed by atoms with Crippen molar-refractivity contribution < 1.29 is 9.53 Å². The molecule has 1 saturated heterocycles. The lowest BCUT2D eigenvalue weighted by atomic mass is 10.1. The molecule has 1 heterocycles. The van der Waals surface area contributed by atoms with Crippen molar-refractivity contribution in [3.05, 3.63) is 58.1 Å². The van der Waals surface area contributed by atoms with Gasteiger partial charge in [-0.25, -0.2) is 4.79 Å². The van der Waals surface area contributed by atoms with Crippen LogP contribution >= 0.6 is 11.6 Å². The quantitative estimate of drug-likeness (QED) is 0.862. The van der Waals surface area contributed by atoms with Crippen molar-refractivity contribution in [2.75, 3.05) is 38.2 Å². The van der Waals surface area contributed by atoms with Crippen LogP contribution < -0.4 is 15.0 Å². The topological polar surface area (TPSA) is 44.8 Å². The Morgan fingerprint density at radius 1 is 1.11 bits per heavy atom. The number of anilines is 1. The summed E-state index contributed by atoms with van der Waals surface area (Å²) in [5, 5.41) is 3.73. The van der Waals surface area contributed by atoms with Crippen LogP contribution in [0.15, 0.2) is 36.4 Å². The molecule has 0 spiro atoms. The normalized spacial score (nSPS) is 14.2. The van der Waals surface area contributed by atoms with E-state index >= 15 is 0 Å². The van der Waals surface area contributed by atoms with Gasteiger partial charge in [-0.15, -0.1) is 0 Å². The van der Waals surface area contributed by atoms with Gasteiger partial charge in [-0.05, 0) is 36.6 Å². The maximum Gasteiger partial charge on any atom is 0.317 e. The number of methoxy groups -OCH3 is 1. The summed E-state index contributed by atoms with van der Waals surface area (Å²) in [4.78, 5) is 16.6. The maximum absolute atomic E-state index is 12.5. The number of amides is 2. The zero-order chi connectivity index (χ0) is 19.4. The SMILES string of the molecule is COc1cc(Cl)c(C)cc1N1CCN(C(=O)NCc2ccccc2C)CC1. The standard InChI is InChI=1S/C21H26ClN3O2/c1-15-6-4-5-7-17(15)14-23-21(26)25-10-8-24(9-11-25)19-12-16(2)18(22)13-20(19)27-3/h4-7,12-13H,8-11,14H2,1-3H3,(H,23,26). The lowest BCUT2D eigenvalue weighted by Crippen LogP contribution is -2.51. The average molecular weight is 388 g/mol. The van der Waals surface area contributed by atoms with E-state index in [1.807, 2.05) is 36.1 Å². The van der Waals surface area contributed by atoms with Gasteiger partial charge in [0.15, 0.2) is 0 Å². The van der Waals surface area contributed by atoms with Gasteiger partial charge in [-0.3, -0.25) is 0 Å². The molecule has 0 atom stereocenters. The van der Waals surface area contributed by atoms with E-state index in [0.29, 0.717) is 24.7 Å². The van der Waals surface area contributed by atoms with Crippen LogP contribution in [0.1, 0.15) is 16.7 Å². The third kappa shape index (κ3) is 4.48. The van der Waals surface area contributed by atoms with Crippen molar-refractivity contribution in [3.8, 4) is 5.75 Å². The molecule has 0 saturated carbocycles. The van der Waals surface area contributed by atoms with E-state index in [1.165, 1.54) is 5.56 Å². The summed E-state index contributed by atoms with van der Waals surface area (Å²) in [5.41, 5.74) is 4.38. The first-order valence-corrected chi connectivity index (χ1v) is 9.53. The van der Waals surface area contributed by atoms with Crippen LogP contribution in [0.2, 0.25) is 5.02 Å². The molecular formula is C21H26ClN3O2. The fourth-order valence-electron chi connectivity index (χ4n) is 3.30. The molecule has 5 nitrogen and oxygen atoms in total. The second kappa shape index (κ2) is 8.53. The number of hydrogen-bond donors (Lipinski definition) is 1. The fraction of sp³-hybridized carbons (Fsp3) is 0.381. The average Bonchev–Trinajstić information content (AvgIpc) is 2.69. The first kappa shape index (κ1) is 19.4. The Labute approximate surface area is 165 Å². The van der Waals surface area contributed by atoms with Gasteiger partial charge >= 0.3 is 6.03 Å². The number of ether oxygens (including phenoxy) is 1. The number of rotatable bonds is 4. The molecule has 6 heteroatoms. The molecule has 3 rings (SSSR count). The molecule has 0 radical (unpaired) electrons. The number of aryl methyl sites for hydroxylation is 2. The number of nitrogens with zero attached hydrogens (tertiary/aromatic N) is 2. The van der Waals surface area contributed by atoms with E-state index in [-0.39, 0.29) is 6.03 Å². The van der Waals surface area contributed by atoms with Crippen LogP contribution in [-0.2, 0) is 6.54 Å². The third-order valence-electron chi connectivity index (χ3n) is 5.06. The van der Waals surface area contributed by atoms with Crippen LogP contribution in [0.3, 0.4) is 0 Å². The summed E-state index contributed by atoms with van der Waals surface area (Å²) in [6.45, 7) is 7.46. The van der Waals surface area contributed by atoms with Gasteiger partial charge < -0.3 is 19.9 Å². The Hall–Kier alpha value is -2.40. The van der Waals surface area contributed by atoms with Crippen molar-refractivity contribution in [3.63, 3.8) is 0 Å². The number of hydrogen-bond acceptors (Lipinski definition) is 3. The number of piperazine rings is 1. The van der Waals surface area contributed by atoms with Gasteiger partial charge in [0.2, 0.25) is 0 Å². The smallest absolute Gasteiger partial charge is 0.317 e.